The number of hydrogen-bond acceptors (Lipinski definition) is 10. The zero-order valence-corrected chi connectivity index (χ0v) is 15.0. The molecule has 3 rings (SSSR count). The van der Waals surface area contributed by atoms with E-state index >= 15 is 0 Å². The van der Waals surface area contributed by atoms with E-state index in [-0.39, 0.29) is 19.8 Å². The summed E-state index contributed by atoms with van der Waals surface area (Å²) in [7, 11) is 0. The fourth-order valence-corrected chi connectivity index (χ4v) is 3.06. The average molecular weight is 402 g/mol. The number of aliphatic hydroxyl groups excluding tert-OH is 6. The van der Waals surface area contributed by atoms with Crippen molar-refractivity contribution in [2.24, 2.45) is 0 Å². The minimum absolute atomic E-state index is 0.119. The molecule has 28 heavy (non-hydrogen) atoms. The quantitative estimate of drug-likeness (QED) is 0.300. The monoisotopic (exact) mass is 402 g/mol. The lowest BCUT2D eigenvalue weighted by atomic mass is 9.99. The van der Waals surface area contributed by atoms with Crippen LogP contribution in [0.1, 0.15) is 5.56 Å². The van der Waals surface area contributed by atoms with Crippen molar-refractivity contribution in [3.05, 3.63) is 35.9 Å². The van der Waals surface area contributed by atoms with Gasteiger partial charge in [0.25, 0.3) is 0 Å². The topological polar surface area (TPSA) is 158 Å². The highest BCUT2D eigenvalue weighted by Gasteiger charge is 2.45. The van der Waals surface area contributed by atoms with E-state index in [0.29, 0.717) is 0 Å². The van der Waals surface area contributed by atoms with Crippen molar-refractivity contribution in [1.29, 1.82) is 0 Å². The van der Waals surface area contributed by atoms with E-state index in [2.05, 4.69) is 0 Å². The Balaban J connectivity index is 1.56. The summed E-state index contributed by atoms with van der Waals surface area (Å²) in [5.41, 5.74) is 0.831. The third-order valence-corrected chi connectivity index (χ3v) is 4.80. The summed E-state index contributed by atoms with van der Waals surface area (Å²) in [6.45, 7) is -0.435. The molecule has 6 N–H and O–H groups in total. The van der Waals surface area contributed by atoms with E-state index in [4.69, 9.17) is 18.9 Å². The van der Waals surface area contributed by atoms with Crippen LogP contribution in [0.2, 0.25) is 0 Å². The van der Waals surface area contributed by atoms with Gasteiger partial charge in [0.15, 0.2) is 12.6 Å². The second kappa shape index (κ2) is 9.55. The summed E-state index contributed by atoms with van der Waals surface area (Å²) in [5, 5.41) is 59.3. The van der Waals surface area contributed by atoms with Crippen LogP contribution in [0.25, 0.3) is 0 Å². The highest BCUT2D eigenvalue weighted by molar-refractivity contribution is 5.13. The van der Waals surface area contributed by atoms with Crippen LogP contribution in [-0.4, -0.2) is 99.2 Å². The van der Waals surface area contributed by atoms with Crippen molar-refractivity contribution in [1.82, 2.24) is 0 Å². The van der Waals surface area contributed by atoms with E-state index in [0.717, 1.165) is 5.56 Å². The fraction of sp³-hybridized carbons (Fsp3) is 0.667. The second-order valence-electron chi connectivity index (χ2n) is 6.89. The third kappa shape index (κ3) is 4.86. The molecule has 2 unspecified atom stereocenters. The van der Waals surface area contributed by atoms with E-state index < -0.39 is 55.3 Å². The molecule has 2 heterocycles. The Bertz CT molecular complexity index is 601. The molecule has 2 aliphatic rings. The number of benzene rings is 1. The van der Waals surface area contributed by atoms with Gasteiger partial charge in [-0.25, -0.2) is 0 Å². The SMILES string of the molecule is O[C@H]1[C@H](O)[C@@H](O)C(OCc2ccccc2)O[C@@H]1COC1OC[C@@H](O)[C@H](O)[C@H]1O. The number of ether oxygens (including phenoxy) is 4. The van der Waals surface area contributed by atoms with Crippen LogP contribution < -0.4 is 0 Å². The van der Waals surface area contributed by atoms with Gasteiger partial charge in [0.1, 0.15) is 42.7 Å². The van der Waals surface area contributed by atoms with Crippen molar-refractivity contribution in [2.45, 2.75) is 61.9 Å². The summed E-state index contributed by atoms with van der Waals surface area (Å²) in [4.78, 5) is 0. The normalized spacial score (nSPS) is 41.7. The van der Waals surface area contributed by atoms with Crippen molar-refractivity contribution < 1.29 is 49.6 Å². The molecule has 0 spiro atoms. The molecule has 10 heteroatoms. The van der Waals surface area contributed by atoms with Crippen LogP contribution in [0.15, 0.2) is 30.3 Å². The molecule has 0 bridgehead atoms. The van der Waals surface area contributed by atoms with Crippen molar-refractivity contribution >= 4 is 0 Å². The molecule has 0 aliphatic carbocycles. The zero-order chi connectivity index (χ0) is 20.3. The fourth-order valence-electron chi connectivity index (χ4n) is 3.06. The van der Waals surface area contributed by atoms with Crippen LogP contribution >= 0.6 is 0 Å². The molecular weight excluding hydrogens is 376 g/mol. The van der Waals surface area contributed by atoms with Gasteiger partial charge in [-0.2, -0.15) is 0 Å². The lowest BCUT2D eigenvalue weighted by molar-refractivity contribution is -0.322. The van der Waals surface area contributed by atoms with Gasteiger partial charge in [0, 0.05) is 0 Å². The Kier molecular flexibility index (Phi) is 7.34. The molecular formula is C18H26O10. The minimum Gasteiger partial charge on any atom is -0.388 e. The van der Waals surface area contributed by atoms with Crippen LogP contribution in [0.4, 0.5) is 0 Å². The summed E-state index contributed by atoms with van der Waals surface area (Å²) in [6.07, 6.45) is -12.2. The predicted molar refractivity (Wildman–Crippen MR) is 91.6 cm³/mol. The van der Waals surface area contributed by atoms with E-state index in [1.165, 1.54) is 0 Å². The van der Waals surface area contributed by atoms with Gasteiger partial charge in [-0.1, -0.05) is 30.3 Å². The van der Waals surface area contributed by atoms with Gasteiger partial charge in [-0.15, -0.1) is 0 Å². The first kappa shape index (κ1) is 21.5. The molecule has 0 amide bonds. The largest absolute Gasteiger partial charge is 0.388 e. The molecule has 0 aromatic heterocycles. The molecule has 0 radical (unpaired) electrons. The van der Waals surface area contributed by atoms with Crippen LogP contribution in [-0.2, 0) is 25.6 Å². The van der Waals surface area contributed by atoms with Crippen molar-refractivity contribution in [2.75, 3.05) is 13.2 Å². The first-order valence-corrected chi connectivity index (χ1v) is 9.01. The third-order valence-electron chi connectivity index (χ3n) is 4.80. The Labute approximate surface area is 161 Å². The molecule has 10 nitrogen and oxygen atoms in total. The summed E-state index contributed by atoms with van der Waals surface area (Å²) >= 11 is 0. The maximum Gasteiger partial charge on any atom is 0.187 e. The lowest BCUT2D eigenvalue weighted by Crippen LogP contribution is -2.60. The standard InChI is InChI=1S/C18H26O10/c19-10-7-26-17(15(23)12(10)20)27-8-11-13(21)14(22)16(24)18(28-11)25-6-9-4-2-1-3-5-9/h1-5,10-24H,6-8H2/t10-,11-,12+,13-,14+,15-,16-,17?,18?/m1/s1. The minimum atomic E-state index is -1.53. The highest BCUT2D eigenvalue weighted by Crippen LogP contribution is 2.25. The average Bonchev–Trinajstić information content (AvgIpc) is 2.71. The molecule has 9 atom stereocenters. The van der Waals surface area contributed by atoms with Crippen LogP contribution in [0.5, 0.6) is 0 Å². The maximum absolute atomic E-state index is 10.1. The number of rotatable bonds is 6. The Morgan fingerprint density at radius 2 is 1.46 bits per heavy atom. The lowest BCUT2D eigenvalue weighted by Gasteiger charge is -2.41. The predicted octanol–water partition coefficient (Wildman–Crippen LogP) is -2.53. The highest BCUT2D eigenvalue weighted by atomic mass is 16.7. The van der Waals surface area contributed by atoms with Gasteiger partial charge >= 0.3 is 0 Å². The molecule has 0 saturated carbocycles. The molecule has 2 fully saturated rings. The van der Waals surface area contributed by atoms with Gasteiger partial charge < -0.3 is 49.6 Å². The molecule has 2 saturated heterocycles. The zero-order valence-electron chi connectivity index (χ0n) is 15.0. The number of aliphatic hydroxyl groups is 6. The Morgan fingerprint density at radius 3 is 2.18 bits per heavy atom. The summed E-state index contributed by atoms with van der Waals surface area (Å²) in [5.74, 6) is 0. The van der Waals surface area contributed by atoms with Gasteiger partial charge in [-0.3, -0.25) is 0 Å². The van der Waals surface area contributed by atoms with E-state index in [1.807, 2.05) is 30.3 Å². The van der Waals surface area contributed by atoms with Gasteiger partial charge in [0.2, 0.25) is 0 Å². The van der Waals surface area contributed by atoms with Crippen LogP contribution in [0.3, 0.4) is 0 Å². The summed E-state index contributed by atoms with van der Waals surface area (Å²) in [6, 6.07) is 9.14. The molecule has 1 aromatic rings. The first-order chi connectivity index (χ1) is 13.4. The first-order valence-electron chi connectivity index (χ1n) is 9.01. The van der Waals surface area contributed by atoms with Gasteiger partial charge in [-0.05, 0) is 5.56 Å². The van der Waals surface area contributed by atoms with Crippen molar-refractivity contribution in [3.63, 3.8) is 0 Å². The van der Waals surface area contributed by atoms with Gasteiger partial charge in [0.05, 0.1) is 19.8 Å². The number of hydrogen-bond donors (Lipinski definition) is 6. The Morgan fingerprint density at radius 1 is 0.786 bits per heavy atom. The summed E-state index contributed by atoms with van der Waals surface area (Å²) < 4.78 is 21.5. The van der Waals surface area contributed by atoms with Crippen LogP contribution in [0, 0.1) is 0 Å². The smallest absolute Gasteiger partial charge is 0.187 e. The van der Waals surface area contributed by atoms with E-state index in [9.17, 15) is 30.6 Å². The molecule has 158 valence electrons. The maximum atomic E-state index is 10.1. The van der Waals surface area contributed by atoms with Crippen molar-refractivity contribution in [3.8, 4) is 0 Å². The molecule has 2 aliphatic heterocycles. The molecule has 1 aromatic carbocycles. The Hall–Kier alpha value is -1.18. The second-order valence-corrected chi connectivity index (χ2v) is 6.89. The van der Waals surface area contributed by atoms with E-state index in [1.54, 1.807) is 0 Å².